The molecule has 1 N–H and O–H groups in total. The second-order valence-electron chi connectivity index (χ2n) is 12.1. The predicted octanol–water partition coefficient (Wildman–Crippen LogP) is 6.73. The lowest BCUT2D eigenvalue weighted by Crippen LogP contribution is -2.26. The first-order chi connectivity index (χ1) is 20.3. The molecule has 1 aliphatic carbocycles. The van der Waals surface area contributed by atoms with E-state index >= 15 is 0 Å². The number of hydrogen-bond acceptors (Lipinski definition) is 8. The normalized spacial score (nSPS) is 19.3. The van der Waals surface area contributed by atoms with Crippen LogP contribution in [-0.2, 0) is 6.42 Å². The molecule has 210 valence electrons. The number of aryl methyl sites for hydroxylation is 2. The van der Waals surface area contributed by atoms with E-state index in [0.29, 0.717) is 40.7 Å². The number of nitrogens with zero attached hydrogens (tertiary/aromatic N) is 4. The summed E-state index contributed by atoms with van der Waals surface area (Å²) < 4.78 is 15.4. The van der Waals surface area contributed by atoms with E-state index in [0.717, 1.165) is 34.7 Å². The van der Waals surface area contributed by atoms with E-state index in [-0.39, 0.29) is 11.8 Å². The molecule has 2 atom stereocenters. The van der Waals surface area contributed by atoms with E-state index in [9.17, 15) is 0 Å². The summed E-state index contributed by atoms with van der Waals surface area (Å²) in [6, 6.07) is 18.8. The Morgan fingerprint density at radius 2 is 1.83 bits per heavy atom. The van der Waals surface area contributed by atoms with Crippen molar-refractivity contribution in [1.29, 1.82) is 0 Å². The van der Waals surface area contributed by atoms with Gasteiger partial charge >= 0.3 is 0 Å². The Labute approximate surface area is 251 Å². The number of aromatic nitrogens is 4. The molecule has 7 rings (SSSR count). The Balaban J connectivity index is 1.29. The number of benzene rings is 2. The Kier molecular flexibility index (Phi) is 6.93. The van der Waals surface area contributed by atoms with Crippen LogP contribution in [-0.4, -0.2) is 34.4 Å². The second kappa shape index (κ2) is 10.8. The van der Waals surface area contributed by atoms with Crippen LogP contribution in [0.1, 0.15) is 54.5 Å². The van der Waals surface area contributed by atoms with Crippen molar-refractivity contribution in [3.8, 4) is 17.1 Å². The zero-order valence-corrected chi connectivity index (χ0v) is 24.9. The molecule has 42 heavy (non-hydrogen) atoms. The third-order valence-electron chi connectivity index (χ3n) is 8.60. The summed E-state index contributed by atoms with van der Waals surface area (Å²) >= 11 is 1.51. The Bertz CT molecular complexity index is 1770. The van der Waals surface area contributed by atoms with Gasteiger partial charge in [-0.3, -0.25) is 4.72 Å². The SMILES string of the molecule is [B]c1cc2nc(CC3c4cccc(c4)SNc4nc(cc(-c5c(C)cccc5C)n4)OCC3CC3(C)CC3)cnc2o1. The Hall–Kier alpha value is -3.85. The number of anilines is 1. The highest BCUT2D eigenvalue weighted by Gasteiger charge is 2.41. The van der Waals surface area contributed by atoms with Crippen LogP contribution in [0.5, 0.6) is 5.88 Å². The number of furan rings is 1. The lowest BCUT2D eigenvalue weighted by Gasteiger charge is -2.30. The molecule has 0 saturated heterocycles. The van der Waals surface area contributed by atoms with E-state index < -0.39 is 0 Å². The number of nitrogens with one attached hydrogen (secondary N) is 1. The molecule has 1 aliphatic heterocycles. The van der Waals surface area contributed by atoms with E-state index in [1.54, 1.807) is 6.07 Å². The van der Waals surface area contributed by atoms with Crippen LogP contribution in [0.2, 0.25) is 0 Å². The molecule has 2 aromatic carbocycles. The minimum Gasteiger partial charge on any atom is -0.477 e. The monoisotopic (exact) mass is 573 g/mol. The molecule has 4 heterocycles. The van der Waals surface area contributed by atoms with Crippen molar-refractivity contribution in [1.82, 2.24) is 19.9 Å². The lowest BCUT2D eigenvalue weighted by atomic mass is 9.78. The van der Waals surface area contributed by atoms with Gasteiger partial charge < -0.3 is 9.15 Å². The molecular formula is C33H32BN5O2S. The quantitative estimate of drug-likeness (QED) is 0.183. The summed E-state index contributed by atoms with van der Waals surface area (Å²) in [5.74, 6) is 1.51. The van der Waals surface area contributed by atoms with E-state index in [1.807, 2.05) is 12.3 Å². The first-order valence-electron chi connectivity index (χ1n) is 14.4. The fourth-order valence-corrected chi connectivity index (χ4v) is 6.77. The van der Waals surface area contributed by atoms with Gasteiger partial charge in [-0.25, -0.2) is 15.0 Å². The van der Waals surface area contributed by atoms with Gasteiger partial charge in [-0.05, 0) is 97.7 Å². The van der Waals surface area contributed by atoms with Crippen molar-refractivity contribution in [3.05, 3.63) is 83.2 Å². The minimum absolute atomic E-state index is 0.165. The van der Waals surface area contributed by atoms with Crippen LogP contribution in [0.3, 0.4) is 0 Å². The average Bonchev–Trinajstić information content (AvgIpc) is 3.58. The van der Waals surface area contributed by atoms with Gasteiger partial charge in [0.1, 0.15) is 5.52 Å². The maximum atomic E-state index is 6.59. The summed E-state index contributed by atoms with van der Waals surface area (Å²) in [4.78, 5) is 20.2. The summed E-state index contributed by atoms with van der Waals surface area (Å²) in [6.07, 6.45) is 6.08. The molecule has 0 amide bonds. The Morgan fingerprint density at radius 1 is 1.02 bits per heavy atom. The Morgan fingerprint density at radius 3 is 2.64 bits per heavy atom. The standard InChI is InChI=1S/C33H32BN5O2S/c1-19-6-4-7-20(2)30(19)26-15-29-38-32(37-26)39-42-24-9-5-8-21(12-24)25(22(18-40-29)16-33(3)10-11-33)13-23-17-35-31-27(36-23)14-28(34)41-31/h4-9,12,14-15,17,22,25H,10-11,13,16,18H2,1-3H3,(H,37,38,39). The van der Waals surface area contributed by atoms with Crippen LogP contribution in [0.25, 0.3) is 22.5 Å². The second-order valence-corrected chi connectivity index (χ2v) is 12.9. The molecule has 3 aromatic heterocycles. The zero-order valence-electron chi connectivity index (χ0n) is 24.1. The van der Waals surface area contributed by atoms with Crippen LogP contribution in [0.4, 0.5) is 5.95 Å². The summed E-state index contributed by atoms with van der Waals surface area (Å²) in [6.45, 7) is 7.16. The molecule has 4 bridgehead atoms. The molecule has 2 unspecified atom stereocenters. The fraction of sp³-hybridized carbons (Fsp3) is 0.333. The molecule has 5 aromatic rings. The molecule has 2 radical (unpaired) electrons. The average molecular weight is 574 g/mol. The summed E-state index contributed by atoms with van der Waals surface area (Å²) in [5.41, 5.74) is 8.27. The number of rotatable bonds is 5. The van der Waals surface area contributed by atoms with E-state index in [1.165, 1.54) is 41.5 Å². The first kappa shape index (κ1) is 27.0. The van der Waals surface area contributed by atoms with Crippen molar-refractivity contribution in [3.63, 3.8) is 0 Å². The molecule has 1 fully saturated rings. The highest BCUT2D eigenvalue weighted by Crippen LogP contribution is 2.52. The maximum absolute atomic E-state index is 6.59. The van der Waals surface area contributed by atoms with Crippen molar-refractivity contribution in [2.75, 3.05) is 11.3 Å². The maximum Gasteiger partial charge on any atom is 0.244 e. The van der Waals surface area contributed by atoms with Gasteiger partial charge in [-0.1, -0.05) is 37.3 Å². The summed E-state index contributed by atoms with van der Waals surface area (Å²) in [7, 11) is 5.87. The minimum atomic E-state index is 0.165. The van der Waals surface area contributed by atoms with E-state index in [4.69, 9.17) is 32.0 Å². The molecular weight excluding hydrogens is 541 g/mol. The van der Waals surface area contributed by atoms with Gasteiger partial charge in [0, 0.05) is 22.4 Å². The first-order valence-corrected chi connectivity index (χ1v) is 15.3. The van der Waals surface area contributed by atoms with Gasteiger partial charge in [-0.2, -0.15) is 4.98 Å². The number of ether oxygens (including phenoxy) is 1. The molecule has 1 saturated carbocycles. The van der Waals surface area contributed by atoms with Crippen LogP contribution < -0.4 is 15.1 Å². The topological polar surface area (TPSA) is 86.0 Å². The van der Waals surface area contributed by atoms with Gasteiger partial charge in [0.05, 0.1) is 29.9 Å². The fourth-order valence-electron chi connectivity index (χ4n) is 6.12. The van der Waals surface area contributed by atoms with Crippen LogP contribution in [0, 0.1) is 25.2 Å². The van der Waals surface area contributed by atoms with Gasteiger partial charge in [0.2, 0.25) is 17.5 Å². The van der Waals surface area contributed by atoms with Crippen LogP contribution in [0.15, 0.2) is 70.1 Å². The smallest absolute Gasteiger partial charge is 0.244 e. The van der Waals surface area contributed by atoms with Gasteiger partial charge in [0.15, 0.2) is 7.85 Å². The van der Waals surface area contributed by atoms with Crippen molar-refractivity contribution in [2.45, 2.75) is 57.3 Å². The van der Waals surface area contributed by atoms with Gasteiger partial charge in [-0.15, -0.1) is 0 Å². The van der Waals surface area contributed by atoms with Crippen molar-refractivity contribution < 1.29 is 9.15 Å². The lowest BCUT2D eigenvalue weighted by molar-refractivity contribution is 0.185. The third kappa shape index (κ3) is 5.62. The number of fused-ring (bicyclic) bond motifs is 5. The van der Waals surface area contributed by atoms with Crippen molar-refractivity contribution >= 4 is 42.6 Å². The molecule has 7 nitrogen and oxygen atoms in total. The predicted molar refractivity (Wildman–Crippen MR) is 167 cm³/mol. The van der Waals surface area contributed by atoms with Gasteiger partial charge in [0.25, 0.3) is 0 Å². The van der Waals surface area contributed by atoms with Crippen LogP contribution >= 0.6 is 11.9 Å². The highest BCUT2D eigenvalue weighted by molar-refractivity contribution is 8.00. The summed E-state index contributed by atoms with van der Waals surface area (Å²) in [5, 5.41) is 0. The molecule has 0 spiro atoms. The highest BCUT2D eigenvalue weighted by atomic mass is 32.2. The largest absolute Gasteiger partial charge is 0.477 e. The van der Waals surface area contributed by atoms with Crippen molar-refractivity contribution in [2.24, 2.45) is 11.3 Å². The third-order valence-corrected chi connectivity index (χ3v) is 9.37. The number of hydrogen-bond donors (Lipinski definition) is 1. The molecule has 2 aliphatic rings. The zero-order chi connectivity index (χ0) is 28.8. The molecule has 9 heteroatoms. The van der Waals surface area contributed by atoms with E-state index in [2.05, 4.69) is 72.9 Å².